The molecular formula is C12H17F2NO. The lowest BCUT2D eigenvalue weighted by Gasteiger charge is -2.26. The molecule has 0 heterocycles. The van der Waals surface area contributed by atoms with Crippen molar-refractivity contribution in [3.63, 3.8) is 0 Å². The summed E-state index contributed by atoms with van der Waals surface area (Å²) in [6, 6.07) is 3.72. The van der Waals surface area contributed by atoms with Crippen LogP contribution in [0.2, 0.25) is 0 Å². The van der Waals surface area contributed by atoms with Crippen LogP contribution in [-0.4, -0.2) is 18.3 Å². The number of nitrogens with one attached hydrogen (secondary N) is 1. The van der Waals surface area contributed by atoms with Crippen LogP contribution in [0.5, 0.6) is 0 Å². The Bertz CT molecular complexity index is 331. The molecule has 0 aliphatic rings. The van der Waals surface area contributed by atoms with Crippen molar-refractivity contribution in [2.75, 3.05) is 18.5 Å². The van der Waals surface area contributed by atoms with Gasteiger partial charge in [0.25, 0.3) is 0 Å². The highest BCUT2D eigenvalue weighted by molar-refractivity contribution is 5.46. The third-order valence-electron chi connectivity index (χ3n) is 2.89. The zero-order valence-corrected chi connectivity index (χ0v) is 9.56. The lowest BCUT2D eigenvalue weighted by molar-refractivity contribution is 0.149. The first kappa shape index (κ1) is 12.9. The van der Waals surface area contributed by atoms with Gasteiger partial charge in [0.15, 0.2) is 0 Å². The first-order valence-corrected chi connectivity index (χ1v) is 5.31. The molecule has 4 heteroatoms. The van der Waals surface area contributed by atoms with Gasteiger partial charge in [-0.15, -0.1) is 0 Å². The molecule has 0 saturated heterocycles. The Hall–Kier alpha value is -1.16. The minimum Gasteiger partial charge on any atom is -0.396 e. The van der Waals surface area contributed by atoms with Gasteiger partial charge in [0.1, 0.15) is 17.3 Å². The minimum absolute atomic E-state index is 0.0213. The van der Waals surface area contributed by atoms with E-state index in [0.29, 0.717) is 6.54 Å². The summed E-state index contributed by atoms with van der Waals surface area (Å²) in [7, 11) is 0. The van der Waals surface area contributed by atoms with Crippen LogP contribution in [0.3, 0.4) is 0 Å². The van der Waals surface area contributed by atoms with E-state index < -0.39 is 11.6 Å². The van der Waals surface area contributed by atoms with Gasteiger partial charge in [0.2, 0.25) is 0 Å². The van der Waals surface area contributed by atoms with E-state index in [1.807, 2.05) is 13.8 Å². The van der Waals surface area contributed by atoms with Crippen LogP contribution in [0, 0.1) is 17.0 Å². The molecule has 2 nitrogen and oxygen atoms in total. The summed E-state index contributed by atoms with van der Waals surface area (Å²) in [5, 5.41) is 11.9. The highest BCUT2D eigenvalue weighted by Crippen LogP contribution is 2.23. The molecule has 90 valence electrons. The molecule has 0 bridgehead atoms. The summed E-state index contributed by atoms with van der Waals surface area (Å²) < 4.78 is 26.5. The van der Waals surface area contributed by atoms with E-state index in [1.54, 1.807) is 0 Å². The van der Waals surface area contributed by atoms with Crippen LogP contribution in [-0.2, 0) is 0 Å². The van der Waals surface area contributed by atoms with Crippen LogP contribution in [0.25, 0.3) is 0 Å². The van der Waals surface area contributed by atoms with Crippen LogP contribution >= 0.6 is 0 Å². The second-order valence-electron chi connectivity index (χ2n) is 4.27. The zero-order valence-electron chi connectivity index (χ0n) is 9.56. The SMILES string of the molecule is CCC(C)(CO)CNc1c(F)cccc1F. The number of hydrogen-bond donors (Lipinski definition) is 2. The fraction of sp³-hybridized carbons (Fsp3) is 0.500. The smallest absolute Gasteiger partial charge is 0.149 e. The largest absolute Gasteiger partial charge is 0.396 e. The summed E-state index contributed by atoms with van der Waals surface area (Å²) in [4.78, 5) is 0. The van der Waals surface area contributed by atoms with E-state index in [4.69, 9.17) is 0 Å². The Morgan fingerprint density at radius 1 is 1.31 bits per heavy atom. The number of benzene rings is 1. The molecule has 0 spiro atoms. The summed E-state index contributed by atoms with van der Waals surface area (Å²) in [6.45, 7) is 4.10. The van der Waals surface area contributed by atoms with E-state index >= 15 is 0 Å². The summed E-state index contributed by atoms with van der Waals surface area (Å²) in [6.07, 6.45) is 0.729. The highest BCUT2D eigenvalue weighted by Gasteiger charge is 2.21. The number of aliphatic hydroxyl groups excluding tert-OH is 1. The highest BCUT2D eigenvalue weighted by atomic mass is 19.1. The van der Waals surface area contributed by atoms with E-state index in [2.05, 4.69) is 5.32 Å². The minimum atomic E-state index is -0.614. The first-order valence-electron chi connectivity index (χ1n) is 5.31. The number of hydrogen-bond acceptors (Lipinski definition) is 2. The predicted molar refractivity (Wildman–Crippen MR) is 60.3 cm³/mol. The van der Waals surface area contributed by atoms with Crippen molar-refractivity contribution in [3.8, 4) is 0 Å². The number of halogens is 2. The Balaban J connectivity index is 2.75. The van der Waals surface area contributed by atoms with Gasteiger partial charge in [-0.3, -0.25) is 0 Å². The molecule has 0 aliphatic carbocycles. The molecule has 1 unspecified atom stereocenters. The van der Waals surface area contributed by atoms with E-state index in [0.717, 1.165) is 6.42 Å². The van der Waals surface area contributed by atoms with Crippen LogP contribution in [0.4, 0.5) is 14.5 Å². The summed E-state index contributed by atoms with van der Waals surface area (Å²) in [5.74, 6) is -1.23. The maximum absolute atomic E-state index is 13.3. The molecule has 1 rings (SSSR count). The molecule has 0 radical (unpaired) electrons. The molecule has 1 aromatic carbocycles. The predicted octanol–water partition coefficient (Wildman–Crippen LogP) is 2.79. The molecule has 0 saturated carbocycles. The van der Waals surface area contributed by atoms with Crippen molar-refractivity contribution in [1.29, 1.82) is 0 Å². The van der Waals surface area contributed by atoms with Crippen LogP contribution in [0.15, 0.2) is 18.2 Å². The van der Waals surface area contributed by atoms with E-state index in [-0.39, 0.29) is 17.7 Å². The van der Waals surface area contributed by atoms with Gasteiger partial charge in [0, 0.05) is 12.0 Å². The monoisotopic (exact) mass is 229 g/mol. The van der Waals surface area contributed by atoms with Gasteiger partial charge in [-0.05, 0) is 18.6 Å². The maximum atomic E-state index is 13.3. The molecule has 0 amide bonds. The lowest BCUT2D eigenvalue weighted by Crippen LogP contribution is -2.30. The standard InChI is InChI=1S/C12H17F2NO/c1-3-12(2,8-16)7-15-11-9(13)5-4-6-10(11)14/h4-6,15-16H,3,7-8H2,1-2H3. The van der Waals surface area contributed by atoms with E-state index in [1.165, 1.54) is 18.2 Å². The molecule has 2 N–H and O–H groups in total. The van der Waals surface area contributed by atoms with Crippen molar-refractivity contribution < 1.29 is 13.9 Å². The number of anilines is 1. The van der Waals surface area contributed by atoms with Gasteiger partial charge in [-0.25, -0.2) is 8.78 Å². The fourth-order valence-corrected chi connectivity index (χ4v) is 1.26. The van der Waals surface area contributed by atoms with Crippen LogP contribution in [0.1, 0.15) is 20.3 Å². The van der Waals surface area contributed by atoms with E-state index in [9.17, 15) is 13.9 Å². The third-order valence-corrected chi connectivity index (χ3v) is 2.89. The van der Waals surface area contributed by atoms with Crippen molar-refractivity contribution in [1.82, 2.24) is 0 Å². The molecule has 0 aromatic heterocycles. The summed E-state index contributed by atoms with van der Waals surface area (Å²) >= 11 is 0. The Kier molecular flexibility index (Phi) is 4.24. The van der Waals surface area contributed by atoms with Gasteiger partial charge < -0.3 is 10.4 Å². The Labute approximate surface area is 94.3 Å². The molecule has 1 atom stereocenters. The van der Waals surface area contributed by atoms with Crippen molar-refractivity contribution in [3.05, 3.63) is 29.8 Å². The van der Waals surface area contributed by atoms with Crippen LogP contribution < -0.4 is 5.32 Å². The van der Waals surface area contributed by atoms with Gasteiger partial charge in [0.05, 0.1) is 6.61 Å². The second-order valence-corrected chi connectivity index (χ2v) is 4.27. The normalized spacial score (nSPS) is 14.6. The number of rotatable bonds is 5. The van der Waals surface area contributed by atoms with Crippen molar-refractivity contribution >= 4 is 5.69 Å². The third kappa shape index (κ3) is 2.92. The first-order chi connectivity index (χ1) is 7.52. The molecule has 0 fully saturated rings. The number of aliphatic hydroxyl groups is 1. The molecule has 1 aromatic rings. The summed E-state index contributed by atoms with van der Waals surface area (Å²) in [5.41, 5.74) is -0.495. The topological polar surface area (TPSA) is 32.3 Å². The fourth-order valence-electron chi connectivity index (χ4n) is 1.26. The maximum Gasteiger partial charge on any atom is 0.149 e. The Morgan fingerprint density at radius 3 is 2.31 bits per heavy atom. The lowest BCUT2D eigenvalue weighted by atomic mass is 9.88. The van der Waals surface area contributed by atoms with Gasteiger partial charge >= 0.3 is 0 Å². The Morgan fingerprint density at radius 2 is 1.88 bits per heavy atom. The molecule has 16 heavy (non-hydrogen) atoms. The van der Waals surface area contributed by atoms with Gasteiger partial charge in [-0.1, -0.05) is 19.9 Å². The average Bonchev–Trinajstić information content (AvgIpc) is 2.28. The average molecular weight is 229 g/mol. The zero-order chi connectivity index (χ0) is 12.2. The number of para-hydroxylation sites is 1. The van der Waals surface area contributed by atoms with Crippen molar-refractivity contribution in [2.24, 2.45) is 5.41 Å². The molecular weight excluding hydrogens is 212 g/mol. The quantitative estimate of drug-likeness (QED) is 0.813. The second kappa shape index (κ2) is 5.25. The van der Waals surface area contributed by atoms with Gasteiger partial charge in [-0.2, -0.15) is 0 Å². The van der Waals surface area contributed by atoms with Crippen molar-refractivity contribution in [2.45, 2.75) is 20.3 Å². The molecule has 0 aliphatic heterocycles.